The van der Waals surface area contributed by atoms with E-state index >= 15 is 0 Å². The molecule has 1 aliphatic heterocycles. The van der Waals surface area contributed by atoms with Gasteiger partial charge in [-0.2, -0.15) is 5.10 Å². The molecule has 2 aromatic rings. The molecule has 110 valence electrons. The molecule has 1 N–H and O–H groups in total. The van der Waals surface area contributed by atoms with Gasteiger partial charge in [-0.15, -0.1) is 0 Å². The molecule has 0 saturated carbocycles. The predicted octanol–water partition coefficient (Wildman–Crippen LogP) is 2.59. The lowest BCUT2D eigenvalue weighted by Gasteiger charge is -2.23. The first-order valence-electron chi connectivity index (χ1n) is 7.56. The third-order valence-electron chi connectivity index (χ3n) is 3.85. The largest absolute Gasteiger partial charge is 0.308 e. The van der Waals surface area contributed by atoms with E-state index < -0.39 is 0 Å². The lowest BCUT2D eigenvalue weighted by Crippen LogP contribution is -2.38. The third-order valence-corrected chi connectivity index (χ3v) is 3.85. The van der Waals surface area contributed by atoms with Gasteiger partial charge in [-0.25, -0.2) is 9.67 Å². The van der Waals surface area contributed by atoms with Crippen molar-refractivity contribution >= 4 is 6.08 Å². The highest BCUT2D eigenvalue weighted by atomic mass is 15.4. The Hall–Kier alpha value is -1.94. The summed E-state index contributed by atoms with van der Waals surface area (Å²) >= 11 is 0. The Balaban J connectivity index is 1.55. The van der Waals surface area contributed by atoms with E-state index in [1.54, 1.807) is 0 Å². The van der Waals surface area contributed by atoms with Gasteiger partial charge < -0.3 is 5.32 Å². The van der Waals surface area contributed by atoms with E-state index in [9.17, 15) is 0 Å². The first kappa shape index (κ1) is 14.0. The second-order valence-corrected chi connectivity index (χ2v) is 5.78. The van der Waals surface area contributed by atoms with Gasteiger partial charge in [0, 0.05) is 19.0 Å². The van der Waals surface area contributed by atoms with E-state index in [1.807, 2.05) is 17.7 Å². The number of hydrogen-bond donors (Lipinski definition) is 1. The number of aromatic nitrogens is 3. The fraction of sp³-hybridized carbons (Fsp3) is 0.412. The second kappa shape index (κ2) is 6.22. The van der Waals surface area contributed by atoms with Crippen LogP contribution < -0.4 is 5.32 Å². The summed E-state index contributed by atoms with van der Waals surface area (Å²) in [7, 11) is 0. The average Bonchev–Trinajstić information content (AvgIpc) is 2.85. The smallest absolute Gasteiger partial charge is 0.147 e. The minimum atomic E-state index is 0.484. The van der Waals surface area contributed by atoms with Crippen LogP contribution in [0, 0.1) is 6.92 Å². The third kappa shape index (κ3) is 3.58. The fourth-order valence-corrected chi connectivity index (χ4v) is 2.79. The van der Waals surface area contributed by atoms with Crippen molar-refractivity contribution in [1.29, 1.82) is 0 Å². The highest BCUT2D eigenvalue weighted by Gasteiger charge is 2.20. The van der Waals surface area contributed by atoms with Gasteiger partial charge in [-0.1, -0.05) is 42.0 Å². The molecule has 1 aromatic heterocycles. The van der Waals surface area contributed by atoms with Crippen LogP contribution in [-0.4, -0.2) is 27.4 Å². The highest BCUT2D eigenvalue weighted by molar-refractivity contribution is 5.52. The van der Waals surface area contributed by atoms with Crippen molar-refractivity contribution in [3.63, 3.8) is 0 Å². The molecule has 0 spiro atoms. The molecule has 3 rings (SSSR count). The van der Waals surface area contributed by atoms with Crippen molar-refractivity contribution in [3.8, 4) is 0 Å². The van der Waals surface area contributed by atoms with Crippen LogP contribution in [0.4, 0.5) is 0 Å². The van der Waals surface area contributed by atoms with Gasteiger partial charge in [0.25, 0.3) is 0 Å². The molecule has 0 amide bonds. The van der Waals surface area contributed by atoms with Gasteiger partial charge in [-0.05, 0) is 25.8 Å². The van der Waals surface area contributed by atoms with Crippen LogP contribution in [0.15, 0.2) is 35.9 Å². The lowest BCUT2D eigenvalue weighted by atomic mass is 10.1. The molecule has 0 aliphatic carbocycles. The Kier molecular flexibility index (Phi) is 4.15. The van der Waals surface area contributed by atoms with E-state index in [4.69, 9.17) is 0 Å². The molecule has 0 saturated heterocycles. The minimum absolute atomic E-state index is 0.484. The monoisotopic (exact) mass is 282 g/mol. The lowest BCUT2D eigenvalue weighted by molar-refractivity contribution is 0.367. The minimum Gasteiger partial charge on any atom is -0.308 e. The number of fused-ring (bicyclic) bond motifs is 1. The molecule has 1 aliphatic rings. The van der Waals surface area contributed by atoms with Crippen molar-refractivity contribution < 1.29 is 0 Å². The number of benzene rings is 1. The van der Waals surface area contributed by atoms with Crippen LogP contribution in [0.3, 0.4) is 0 Å². The second-order valence-electron chi connectivity index (χ2n) is 5.78. The summed E-state index contributed by atoms with van der Waals surface area (Å²) in [5.74, 6) is 2.01. The molecule has 1 aromatic carbocycles. The Labute approximate surface area is 125 Å². The zero-order chi connectivity index (χ0) is 14.7. The van der Waals surface area contributed by atoms with Crippen LogP contribution in [0.5, 0.6) is 0 Å². The maximum absolute atomic E-state index is 4.45. The molecular weight excluding hydrogens is 260 g/mol. The van der Waals surface area contributed by atoms with E-state index in [-0.39, 0.29) is 0 Å². The van der Waals surface area contributed by atoms with Gasteiger partial charge in [0.05, 0.1) is 6.54 Å². The molecule has 4 nitrogen and oxygen atoms in total. The van der Waals surface area contributed by atoms with Crippen molar-refractivity contribution in [3.05, 3.63) is 53.1 Å². The summed E-state index contributed by atoms with van der Waals surface area (Å²) in [5, 5.41) is 8.08. The molecule has 0 bridgehead atoms. The van der Waals surface area contributed by atoms with Gasteiger partial charge in [0.2, 0.25) is 0 Å². The van der Waals surface area contributed by atoms with Crippen molar-refractivity contribution in [2.45, 2.75) is 39.3 Å². The molecule has 2 heterocycles. The number of rotatable bonds is 4. The predicted molar refractivity (Wildman–Crippen MR) is 85.0 cm³/mol. The summed E-state index contributed by atoms with van der Waals surface area (Å²) < 4.78 is 2.05. The maximum Gasteiger partial charge on any atom is 0.147 e. The first-order chi connectivity index (χ1) is 10.2. The molecule has 0 unspecified atom stereocenters. The Morgan fingerprint density at radius 2 is 2.19 bits per heavy atom. The van der Waals surface area contributed by atoms with Crippen LogP contribution in [0.1, 0.15) is 30.6 Å². The number of hydrogen-bond acceptors (Lipinski definition) is 3. The maximum atomic E-state index is 4.45. The normalized spacial score (nSPS) is 18.6. The summed E-state index contributed by atoms with van der Waals surface area (Å²) in [6.07, 6.45) is 4.39. The molecule has 1 atom stereocenters. The molecule has 0 fully saturated rings. The summed E-state index contributed by atoms with van der Waals surface area (Å²) in [5.41, 5.74) is 2.61. The molecular formula is C17H22N4. The quantitative estimate of drug-likeness (QED) is 0.937. The van der Waals surface area contributed by atoms with Crippen molar-refractivity contribution in [1.82, 2.24) is 20.1 Å². The van der Waals surface area contributed by atoms with Crippen LogP contribution in [0.25, 0.3) is 6.08 Å². The van der Waals surface area contributed by atoms with Gasteiger partial charge >= 0.3 is 0 Å². The number of aryl methyl sites for hydroxylation is 2. The number of nitrogens with zero attached hydrogens (tertiary/aromatic N) is 3. The van der Waals surface area contributed by atoms with Gasteiger partial charge in [0.1, 0.15) is 11.6 Å². The Bertz CT molecular complexity index is 627. The summed E-state index contributed by atoms with van der Waals surface area (Å²) in [6.45, 7) is 5.98. The van der Waals surface area contributed by atoms with E-state index in [0.29, 0.717) is 6.04 Å². The highest BCUT2D eigenvalue weighted by Crippen LogP contribution is 2.13. The molecule has 4 heteroatoms. The first-order valence-corrected chi connectivity index (χ1v) is 7.56. The van der Waals surface area contributed by atoms with E-state index in [1.165, 1.54) is 11.1 Å². The Morgan fingerprint density at radius 1 is 1.38 bits per heavy atom. The van der Waals surface area contributed by atoms with Crippen LogP contribution in [-0.2, 0) is 13.0 Å². The average molecular weight is 282 g/mol. The topological polar surface area (TPSA) is 42.7 Å². The van der Waals surface area contributed by atoms with Gasteiger partial charge in [-0.3, -0.25) is 0 Å². The van der Waals surface area contributed by atoms with Crippen LogP contribution >= 0.6 is 0 Å². The SMILES string of the molecule is C/C(=C\c1ccccc1)CN[C@@H]1CCc2nc(C)nn2C1. The summed E-state index contributed by atoms with van der Waals surface area (Å²) in [6, 6.07) is 10.9. The van der Waals surface area contributed by atoms with Crippen molar-refractivity contribution in [2.24, 2.45) is 0 Å². The number of nitrogens with one attached hydrogen (secondary N) is 1. The van der Waals surface area contributed by atoms with Crippen LogP contribution in [0.2, 0.25) is 0 Å². The van der Waals surface area contributed by atoms with Crippen molar-refractivity contribution in [2.75, 3.05) is 6.54 Å². The Morgan fingerprint density at radius 3 is 3.00 bits per heavy atom. The molecule has 0 radical (unpaired) electrons. The van der Waals surface area contributed by atoms with Gasteiger partial charge in [0.15, 0.2) is 0 Å². The summed E-state index contributed by atoms with van der Waals surface area (Å²) in [4.78, 5) is 4.45. The fourth-order valence-electron chi connectivity index (χ4n) is 2.79. The standard InChI is InChI=1S/C17H22N4/c1-13(10-15-6-4-3-5-7-15)11-18-16-8-9-17-19-14(2)20-21(17)12-16/h3-7,10,16,18H,8-9,11-12H2,1-2H3/b13-10+/t16-/m1/s1. The van der Waals surface area contributed by atoms with E-state index in [0.717, 1.165) is 37.6 Å². The zero-order valence-electron chi connectivity index (χ0n) is 12.7. The zero-order valence-corrected chi connectivity index (χ0v) is 12.7. The molecule has 21 heavy (non-hydrogen) atoms. The van der Waals surface area contributed by atoms with E-state index in [2.05, 4.69) is 52.7 Å².